The van der Waals surface area contributed by atoms with E-state index >= 15 is 0 Å². The number of carbonyl (C=O) groups is 2. The minimum absolute atomic E-state index is 0.0552. The van der Waals surface area contributed by atoms with Crippen LogP contribution in [0.3, 0.4) is 0 Å². The fraction of sp³-hybridized carbons (Fsp3) is 0.600. The summed E-state index contributed by atoms with van der Waals surface area (Å²) >= 11 is 1.62. The first kappa shape index (κ1) is 19.1. The summed E-state index contributed by atoms with van der Waals surface area (Å²) in [6.07, 6.45) is 8.38. The number of nitrogens with zero attached hydrogens (tertiary/aromatic N) is 3. The van der Waals surface area contributed by atoms with E-state index in [4.69, 9.17) is 4.74 Å². The highest BCUT2D eigenvalue weighted by molar-refractivity contribution is 7.18. The van der Waals surface area contributed by atoms with E-state index in [0.29, 0.717) is 13.0 Å². The maximum Gasteiger partial charge on any atom is 0.328 e. The van der Waals surface area contributed by atoms with Crippen LogP contribution in [-0.2, 0) is 33.7 Å². The van der Waals surface area contributed by atoms with Gasteiger partial charge in [-0.05, 0) is 50.5 Å². The van der Waals surface area contributed by atoms with Gasteiger partial charge in [0, 0.05) is 24.4 Å². The molecule has 0 radical (unpaired) electrons. The lowest BCUT2D eigenvalue weighted by Gasteiger charge is -2.33. The molecule has 8 heteroatoms. The molecule has 0 bridgehead atoms. The molecular weight excluding hydrogens is 378 g/mol. The summed E-state index contributed by atoms with van der Waals surface area (Å²) in [5, 5.41) is 0.736. The number of hydrogen-bond donors (Lipinski definition) is 0. The number of hydrogen-bond acceptors (Lipinski definition) is 6. The number of amides is 1. The minimum atomic E-state index is -0.507. The van der Waals surface area contributed by atoms with Crippen molar-refractivity contribution in [2.75, 3.05) is 13.7 Å². The van der Waals surface area contributed by atoms with Crippen LogP contribution in [0.5, 0.6) is 0 Å². The predicted octanol–water partition coefficient (Wildman–Crippen LogP) is 2.28. The zero-order valence-electron chi connectivity index (χ0n) is 16.1. The van der Waals surface area contributed by atoms with Crippen molar-refractivity contribution in [2.45, 2.75) is 64.0 Å². The maximum absolute atomic E-state index is 13.0. The molecule has 28 heavy (non-hydrogen) atoms. The van der Waals surface area contributed by atoms with E-state index in [1.165, 1.54) is 18.4 Å². The van der Waals surface area contributed by atoms with E-state index in [0.717, 1.165) is 47.9 Å². The van der Waals surface area contributed by atoms with Crippen LogP contribution in [0.2, 0.25) is 0 Å². The quantitative estimate of drug-likeness (QED) is 0.732. The number of thiophene rings is 1. The SMILES string of the molecule is COC(=O)C1CCCCN1C(=O)CCn1cnc2sc3c(c2c1=O)CCCC3. The van der Waals surface area contributed by atoms with Crippen LogP contribution in [0.25, 0.3) is 10.2 Å². The van der Waals surface area contributed by atoms with Crippen molar-refractivity contribution in [3.8, 4) is 0 Å². The van der Waals surface area contributed by atoms with E-state index < -0.39 is 6.04 Å². The van der Waals surface area contributed by atoms with Gasteiger partial charge in [-0.15, -0.1) is 11.3 Å². The molecule has 3 heterocycles. The van der Waals surface area contributed by atoms with E-state index in [-0.39, 0.29) is 30.4 Å². The molecule has 1 unspecified atom stereocenters. The van der Waals surface area contributed by atoms with Gasteiger partial charge in [0.1, 0.15) is 10.9 Å². The molecule has 150 valence electrons. The molecule has 1 aliphatic carbocycles. The Morgan fingerprint density at radius 1 is 1.25 bits per heavy atom. The van der Waals surface area contributed by atoms with Crippen molar-refractivity contribution >= 4 is 33.4 Å². The Morgan fingerprint density at radius 2 is 2.07 bits per heavy atom. The molecule has 0 saturated carbocycles. The summed E-state index contributed by atoms with van der Waals surface area (Å²) in [7, 11) is 1.35. The van der Waals surface area contributed by atoms with Crippen LogP contribution in [-0.4, -0.2) is 46.0 Å². The molecular formula is C20H25N3O4S. The number of likely N-dealkylation sites (tertiary alicyclic amines) is 1. The van der Waals surface area contributed by atoms with E-state index in [1.807, 2.05) is 0 Å². The van der Waals surface area contributed by atoms with Gasteiger partial charge in [0.15, 0.2) is 0 Å². The molecule has 7 nitrogen and oxygen atoms in total. The molecule has 2 aromatic rings. The average Bonchev–Trinajstić information content (AvgIpc) is 3.11. The normalized spacial score (nSPS) is 19.5. The minimum Gasteiger partial charge on any atom is -0.467 e. The number of aryl methyl sites for hydroxylation is 3. The molecule has 0 spiro atoms. The van der Waals surface area contributed by atoms with Crippen molar-refractivity contribution in [3.63, 3.8) is 0 Å². The van der Waals surface area contributed by atoms with Crippen molar-refractivity contribution in [2.24, 2.45) is 0 Å². The van der Waals surface area contributed by atoms with Crippen molar-refractivity contribution in [1.29, 1.82) is 0 Å². The fourth-order valence-electron chi connectivity index (χ4n) is 4.31. The number of esters is 1. The Bertz CT molecular complexity index is 964. The maximum atomic E-state index is 13.0. The number of ether oxygens (including phenoxy) is 1. The zero-order chi connectivity index (χ0) is 19.7. The van der Waals surface area contributed by atoms with Crippen molar-refractivity contribution in [1.82, 2.24) is 14.5 Å². The average molecular weight is 404 g/mol. The molecule has 1 fully saturated rings. The van der Waals surface area contributed by atoms with Crippen LogP contribution < -0.4 is 5.56 Å². The monoisotopic (exact) mass is 403 g/mol. The first-order valence-corrected chi connectivity index (χ1v) is 10.8. The zero-order valence-corrected chi connectivity index (χ0v) is 16.9. The Balaban J connectivity index is 1.52. The van der Waals surface area contributed by atoms with Gasteiger partial charge in [0.25, 0.3) is 5.56 Å². The first-order valence-electron chi connectivity index (χ1n) is 9.97. The summed E-state index contributed by atoms with van der Waals surface area (Å²) in [5.41, 5.74) is 1.10. The highest BCUT2D eigenvalue weighted by Crippen LogP contribution is 2.33. The lowest BCUT2D eigenvalue weighted by atomic mass is 9.97. The Hall–Kier alpha value is -2.22. The second-order valence-electron chi connectivity index (χ2n) is 7.51. The molecule has 4 rings (SSSR count). The third-order valence-electron chi connectivity index (χ3n) is 5.80. The highest BCUT2D eigenvalue weighted by Gasteiger charge is 2.32. The smallest absolute Gasteiger partial charge is 0.328 e. The van der Waals surface area contributed by atoms with Crippen LogP contribution in [0, 0.1) is 0 Å². The standard InChI is InChI=1S/C20H25N3O4S/c1-27-20(26)14-7-4-5-10-23(14)16(24)9-11-22-12-21-18-17(19(22)25)13-6-2-3-8-15(13)28-18/h12,14H,2-11H2,1H3. The van der Waals surface area contributed by atoms with Gasteiger partial charge >= 0.3 is 5.97 Å². The molecule has 0 aromatic carbocycles. The van der Waals surface area contributed by atoms with E-state index in [1.54, 1.807) is 27.1 Å². The lowest BCUT2D eigenvalue weighted by molar-refractivity contribution is -0.154. The predicted molar refractivity (Wildman–Crippen MR) is 107 cm³/mol. The lowest BCUT2D eigenvalue weighted by Crippen LogP contribution is -2.48. The van der Waals surface area contributed by atoms with Gasteiger partial charge in [-0.3, -0.25) is 14.2 Å². The molecule has 1 amide bonds. The molecule has 1 aliphatic heterocycles. The van der Waals surface area contributed by atoms with Crippen LogP contribution in [0.15, 0.2) is 11.1 Å². The van der Waals surface area contributed by atoms with Crippen LogP contribution >= 0.6 is 11.3 Å². The van der Waals surface area contributed by atoms with Gasteiger partial charge in [-0.25, -0.2) is 9.78 Å². The topological polar surface area (TPSA) is 81.5 Å². The summed E-state index contributed by atoms with van der Waals surface area (Å²) in [6.45, 7) is 0.832. The Kier molecular flexibility index (Phi) is 5.48. The number of fused-ring (bicyclic) bond motifs is 3. The van der Waals surface area contributed by atoms with Gasteiger partial charge in [-0.1, -0.05) is 0 Å². The molecule has 0 N–H and O–H groups in total. The fourth-order valence-corrected chi connectivity index (χ4v) is 5.53. The molecule has 1 saturated heterocycles. The summed E-state index contributed by atoms with van der Waals surface area (Å²) in [6, 6.07) is -0.507. The highest BCUT2D eigenvalue weighted by atomic mass is 32.1. The van der Waals surface area contributed by atoms with Crippen LogP contribution in [0.1, 0.15) is 49.0 Å². The first-order chi connectivity index (χ1) is 13.6. The van der Waals surface area contributed by atoms with Crippen molar-refractivity contribution < 1.29 is 14.3 Å². The number of methoxy groups -OCH3 is 1. The van der Waals surface area contributed by atoms with Crippen molar-refractivity contribution in [3.05, 3.63) is 27.1 Å². The number of aromatic nitrogens is 2. The largest absolute Gasteiger partial charge is 0.467 e. The Morgan fingerprint density at radius 3 is 2.89 bits per heavy atom. The third-order valence-corrected chi connectivity index (χ3v) is 7.00. The van der Waals surface area contributed by atoms with E-state index in [9.17, 15) is 14.4 Å². The van der Waals surface area contributed by atoms with Gasteiger partial charge in [0.05, 0.1) is 18.8 Å². The summed E-state index contributed by atoms with van der Waals surface area (Å²) < 4.78 is 6.39. The second kappa shape index (κ2) is 8.03. The Labute approximate surface area is 167 Å². The van der Waals surface area contributed by atoms with E-state index in [2.05, 4.69) is 4.98 Å². The molecule has 2 aliphatic rings. The number of carbonyl (C=O) groups excluding carboxylic acids is 2. The third kappa shape index (κ3) is 3.45. The number of piperidine rings is 1. The summed E-state index contributed by atoms with van der Waals surface area (Å²) in [4.78, 5) is 45.9. The van der Waals surface area contributed by atoms with Gasteiger partial charge in [0.2, 0.25) is 5.91 Å². The molecule has 1 atom stereocenters. The van der Waals surface area contributed by atoms with Gasteiger partial charge < -0.3 is 9.64 Å². The van der Waals surface area contributed by atoms with Crippen LogP contribution in [0.4, 0.5) is 0 Å². The summed E-state index contributed by atoms with van der Waals surface area (Å²) in [5.74, 6) is -0.479. The molecule has 2 aromatic heterocycles. The van der Waals surface area contributed by atoms with Gasteiger partial charge in [-0.2, -0.15) is 0 Å². The number of rotatable bonds is 4. The second-order valence-corrected chi connectivity index (χ2v) is 8.59.